The van der Waals surface area contributed by atoms with Crippen LogP contribution >= 0.6 is 0 Å². The first-order valence-corrected chi connectivity index (χ1v) is 10.9. The molecular formula is C24H35NO5. The second-order valence-corrected chi connectivity index (χ2v) is 8.60. The maximum atomic E-state index is 13.0. The molecule has 1 aromatic rings. The number of amides is 1. The third-order valence-electron chi connectivity index (χ3n) is 6.16. The van der Waals surface area contributed by atoms with E-state index in [9.17, 15) is 14.4 Å². The van der Waals surface area contributed by atoms with Crippen molar-refractivity contribution in [2.75, 3.05) is 20.3 Å². The number of ketones is 1. The summed E-state index contributed by atoms with van der Waals surface area (Å²) in [6, 6.07) is 7.04. The highest BCUT2D eigenvalue weighted by Crippen LogP contribution is 2.34. The summed E-state index contributed by atoms with van der Waals surface area (Å²) in [4.78, 5) is 40.1. The van der Waals surface area contributed by atoms with Crippen LogP contribution in [0.3, 0.4) is 0 Å². The monoisotopic (exact) mass is 417 g/mol. The van der Waals surface area contributed by atoms with Crippen molar-refractivity contribution < 1.29 is 23.9 Å². The number of methoxy groups -OCH3 is 1. The molecule has 2 rings (SSSR count). The van der Waals surface area contributed by atoms with Gasteiger partial charge in [0.2, 0.25) is 5.78 Å². The number of esters is 1. The van der Waals surface area contributed by atoms with Gasteiger partial charge in [-0.05, 0) is 49.3 Å². The largest absolute Gasteiger partial charge is 0.497 e. The van der Waals surface area contributed by atoms with Gasteiger partial charge < -0.3 is 14.4 Å². The van der Waals surface area contributed by atoms with E-state index in [1.54, 1.807) is 21.0 Å². The van der Waals surface area contributed by atoms with Crippen LogP contribution in [0.4, 0.5) is 0 Å². The molecule has 6 heteroatoms. The first kappa shape index (κ1) is 23.9. The second kappa shape index (κ2) is 10.6. The Bertz CT molecular complexity index is 740. The van der Waals surface area contributed by atoms with E-state index in [0.717, 1.165) is 24.2 Å². The zero-order valence-electron chi connectivity index (χ0n) is 18.9. The second-order valence-electron chi connectivity index (χ2n) is 8.60. The highest BCUT2D eigenvalue weighted by molar-refractivity contribution is 6.38. The fourth-order valence-electron chi connectivity index (χ4n) is 3.60. The number of rotatable bonds is 9. The van der Waals surface area contributed by atoms with Crippen LogP contribution in [-0.4, -0.2) is 48.9 Å². The predicted molar refractivity (Wildman–Crippen MR) is 115 cm³/mol. The molecule has 1 aliphatic heterocycles. The summed E-state index contributed by atoms with van der Waals surface area (Å²) < 4.78 is 10.7. The van der Waals surface area contributed by atoms with Gasteiger partial charge in [-0.2, -0.15) is 0 Å². The molecule has 166 valence electrons. The molecule has 1 amide bonds. The van der Waals surface area contributed by atoms with Crippen LogP contribution in [0.5, 0.6) is 5.75 Å². The van der Waals surface area contributed by atoms with Crippen molar-refractivity contribution in [3.8, 4) is 5.75 Å². The van der Waals surface area contributed by atoms with E-state index >= 15 is 0 Å². The Morgan fingerprint density at radius 2 is 1.80 bits per heavy atom. The quantitative estimate of drug-likeness (QED) is 0.343. The SMILES string of the molecule is CCCCOC(=O)C1CC(c2ccc(OC)cc2)CCN1C(=O)C(=O)C(C)(C)CC. The van der Waals surface area contributed by atoms with Crippen molar-refractivity contribution in [2.24, 2.45) is 5.41 Å². The lowest BCUT2D eigenvalue weighted by atomic mass is 9.82. The van der Waals surface area contributed by atoms with Crippen molar-refractivity contribution in [1.29, 1.82) is 0 Å². The number of nitrogens with zero attached hydrogens (tertiary/aromatic N) is 1. The number of carbonyl (C=O) groups excluding carboxylic acids is 3. The fraction of sp³-hybridized carbons (Fsp3) is 0.625. The van der Waals surface area contributed by atoms with E-state index in [1.165, 1.54) is 4.90 Å². The van der Waals surface area contributed by atoms with E-state index in [4.69, 9.17) is 9.47 Å². The molecule has 2 atom stereocenters. The minimum atomic E-state index is -0.749. The van der Waals surface area contributed by atoms with Crippen molar-refractivity contribution in [1.82, 2.24) is 4.90 Å². The number of ether oxygens (including phenoxy) is 2. The van der Waals surface area contributed by atoms with Crippen LogP contribution in [-0.2, 0) is 19.1 Å². The first-order valence-electron chi connectivity index (χ1n) is 10.9. The molecule has 2 unspecified atom stereocenters. The number of likely N-dealkylation sites (tertiary alicyclic amines) is 1. The summed E-state index contributed by atoms with van der Waals surface area (Å²) >= 11 is 0. The zero-order chi connectivity index (χ0) is 22.3. The third-order valence-corrected chi connectivity index (χ3v) is 6.16. The van der Waals surface area contributed by atoms with Gasteiger partial charge in [0.25, 0.3) is 5.91 Å². The maximum absolute atomic E-state index is 13.0. The Morgan fingerprint density at radius 3 is 2.37 bits per heavy atom. The molecule has 0 N–H and O–H groups in total. The summed E-state index contributed by atoms with van der Waals surface area (Å²) in [7, 11) is 1.62. The first-order chi connectivity index (χ1) is 14.2. The molecule has 30 heavy (non-hydrogen) atoms. The lowest BCUT2D eigenvalue weighted by Gasteiger charge is -2.39. The van der Waals surface area contributed by atoms with Gasteiger partial charge in [0.05, 0.1) is 13.7 Å². The molecule has 1 fully saturated rings. The summed E-state index contributed by atoms with van der Waals surface area (Å²) in [5.74, 6) is -0.559. The summed E-state index contributed by atoms with van der Waals surface area (Å²) in [6.07, 6.45) is 3.39. The molecule has 1 heterocycles. The van der Waals surface area contributed by atoms with E-state index in [0.29, 0.717) is 32.4 Å². The van der Waals surface area contributed by atoms with Gasteiger partial charge in [0, 0.05) is 12.0 Å². The Morgan fingerprint density at radius 1 is 1.13 bits per heavy atom. The molecule has 1 aromatic carbocycles. The Kier molecular flexibility index (Phi) is 8.44. The number of Topliss-reactive ketones (excluding diaryl/α,β-unsaturated/α-hetero) is 1. The van der Waals surface area contributed by atoms with E-state index < -0.39 is 29.1 Å². The van der Waals surface area contributed by atoms with E-state index in [1.807, 2.05) is 38.1 Å². The Balaban J connectivity index is 2.23. The fourth-order valence-corrected chi connectivity index (χ4v) is 3.60. The summed E-state index contributed by atoms with van der Waals surface area (Å²) in [6.45, 7) is 8.13. The Hall–Kier alpha value is -2.37. The minimum Gasteiger partial charge on any atom is -0.497 e. The van der Waals surface area contributed by atoms with Crippen molar-refractivity contribution in [2.45, 2.75) is 71.8 Å². The molecule has 0 saturated carbocycles. The summed E-state index contributed by atoms with van der Waals surface area (Å²) in [5, 5.41) is 0. The van der Waals surface area contributed by atoms with Crippen LogP contribution in [0.2, 0.25) is 0 Å². The van der Waals surface area contributed by atoms with E-state index in [-0.39, 0.29) is 5.92 Å². The topological polar surface area (TPSA) is 72.9 Å². The van der Waals surface area contributed by atoms with Crippen LogP contribution in [0, 0.1) is 5.41 Å². The number of piperidine rings is 1. The average molecular weight is 418 g/mol. The molecule has 1 saturated heterocycles. The molecule has 0 bridgehead atoms. The highest BCUT2D eigenvalue weighted by atomic mass is 16.5. The van der Waals surface area contributed by atoms with Crippen molar-refractivity contribution in [3.63, 3.8) is 0 Å². The van der Waals surface area contributed by atoms with Crippen LogP contribution < -0.4 is 4.74 Å². The van der Waals surface area contributed by atoms with Gasteiger partial charge >= 0.3 is 5.97 Å². The van der Waals surface area contributed by atoms with Gasteiger partial charge in [0.15, 0.2) is 0 Å². The van der Waals surface area contributed by atoms with Crippen molar-refractivity contribution >= 4 is 17.7 Å². The molecule has 0 aromatic heterocycles. The molecule has 0 spiro atoms. The van der Waals surface area contributed by atoms with Gasteiger partial charge in [-0.25, -0.2) is 4.79 Å². The van der Waals surface area contributed by atoms with Crippen LogP contribution in [0.25, 0.3) is 0 Å². The van der Waals surface area contributed by atoms with Crippen molar-refractivity contribution in [3.05, 3.63) is 29.8 Å². The Labute approximate surface area is 179 Å². The number of benzene rings is 1. The van der Waals surface area contributed by atoms with Gasteiger partial charge in [-0.3, -0.25) is 9.59 Å². The molecular weight excluding hydrogens is 382 g/mol. The number of hydrogen-bond donors (Lipinski definition) is 0. The number of hydrogen-bond acceptors (Lipinski definition) is 5. The van der Waals surface area contributed by atoms with Gasteiger partial charge in [-0.15, -0.1) is 0 Å². The molecule has 6 nitrogen and oxygen atoms in total. The normalized spacial score (nSPS) is 19.3. The summed E-state index contributed by atoms with van der Waals surface area (Å²) in [5.41, 5.74) is 0.343. The average Bonchev–Trinajstić information content (AvgIpc) is 2.77. The van der Waals surface area contributed by atoms with Crippen LogP contribution in [0.15, 0.2) is 24.3 Å². The predicted octanol–water partition coefficient (Wildman–Crippen LogP) is 4.12. The van der Waals surface area contributed by atoms with Gasteiger partial charge in [0.1, 0.15) is 11.8 Å². The standard InChI is InChI=1S/C24H35NO5/c1-6-8-15-30-23(28)20-16-18(17-9-11-19(29-5)12-10-17)13-14-25(20)22(27)21(26)24(3,4)7-2/h9-12,18,20H,6-8,13-16H2,1-5H3. The number of unbranched alkanes of at least 4 members (excludes halogenated alkanes) is 1. The smallest absolute Gasteiger partial charge is 0.328 e. The van der Waals surface area contributed by atoms with Gasteiger partial charge in [-0.1, -0.05) is 46.2 Å². The third kappa shape index (κ3) is 5.61. The zero-order valence-corrected chi connectivity index (χ0v) is 18.9. The lowest BCUT2D eigenvalue weighted by molar-refractivity contribution is -0.161. The maximum Gasteiger partial charge on any atom is 0.328 e. The molecule has 1 aliphatic rings. The minimum absolute atomic E-state index is 0.109. The molecule has 0 aliphatic carbocycles. The number of carbonyl (C=O) groups is 3. The van der Waals surface area contributed by atoms with Crippen LogP contribution in [0.1, 0.15) is 71.3 Å². The molecule has 0 radical (unpaired) electrons. The van der Waals surface area contributed by atoms with E-state index in [2.05, 4.69) is 0 Å². The highest BCUT2D eigenvalue weighted by Gasteiger charge is 2.42. The lowest BCUT2D eigenvalue weighted by Crippen LogP contribution is -2.54.